The minimum absolute atomic E-state index is 0.0157. The molecule has 84 valence electrons. The Balaban J connectivity index is 2.63. The second-order valence-electron chi connectivity index (χ2n) is 4.81. The lowest BCUT2D eigenvalue weighted by Gasteiger charge is -2.46. The van der Waals surface area contributed by atoms with Crippen LogP contribution in [0.1, 0.15) is 33.6 Å². The van der Waals surface area contributed by atoms with Gasteiger partial charge in [0.1, 0.15) is 0 Å². The summed E-state index contributed by atoms with van der Waals surface area (Å²) in [5.74, 6) is 0. The van der Waals surface area contributed by atoms with Gasteiger partial charge in [0.05, 0.1) is 0 Å². The summed E-state index contributed by atoms with van der Waals surface area (Å²) >= 11 is 0. The molecule has 0 aromatic heterocycles. The van der Waals surface area contributed by atoms with E-state index < -0.39 is 11.6 Å². The van der Waals surface area contributed by atoms with Crippen LogP contribution in [0.15, 0.2) is 5.11 Å². The lowest BCUT2D eigenvalue weighted by molar-refractivity contribution is 0.0352. The van der Waals surface area contributed by atoms with Crippen LogP contribution in [0.25, 0.3) is 10.4 Å². The molecule has 6 heteroatoms. The highest BCUT2D eigenvalue weighted by Gasteiger charge is 2.40. The highest BCUT2D eigenvalue weighted by atomic mass is 16.4. The maximum Gasteiger partial charge on any atom is 0.407 e. The predicted octanol–water partition coefficient (Wildman–Crippen LogP) is 2.61. The van der Waals surface area contributed by atoms with Gasteiger partial charge in [-0.25, -0.2) is 4.79 Å². The van der Waals surface area contributed by atoms with E-state index in [9.17, 15) is 4.79 Å². The minimum atomic E-state index is -0.910. The van der Waals surface area contributed by atoms with Gasteiger partial charge in [-0.05, 0) is 39.1 Å². The normalized spacial score (nSPS) is 25.0. The van der Waals surface area contributed by atoms with Crippen LogP contribution in [-0.4, -0.2) is 33.7 Å². The van der Waals surface area contributed by atoms with Gasteiger partial charge in [0, 0.05) is 22.5 Å². The van der Waals surface area contributed by atoms with Gasteiger partial charge in [-0.3, -0.25) is 0 Å². The van der Waals surface area contributed by atoms with Gasteiger partial charge in [-0.2, -0.15) is 0 Å². The summed E-state index contributed by atoms with van der Waals surface area (Å²) in [5, 5.41) is 12.6. The van der Waals surface area contributed by atoms with Crippen LogP contribution < -0.4 is 0 Å². The van der Waals surface area contributed by atoms with Crippen LogP contribution in [0.4, 0.5) is 4.79 Å². The van der Waals surface area contributed by atoms with Crippen molar-refractivity contribution in [3.63, 3.8) is 0 Å². The fraction of sp³-hybridized carbons (Fsp3) is 0.889. The maximum atomic E-state index is 11.1. The number of rotatable bonds is 2. The Kier molecular flexibility index (Phi) is 3.09. The molecule has 1 N–H and O–H groups in total. The fourth-order valence-corrected chi connectivity index (χ4v) is 1.93. The highest BCUT2D eigenvalue weighted by molar-refractivity contribution is 5.66. The van der Waals surface area contributed by atoms with Crippen LogP contribution in [0.2, 0.25) is 0 Å². The molecular weight excluding hydrogens is 196 g/mol. The Hall–Kier alpha value is -1.42. The molecule has 0 spiro atoms. The van der Waals surface area contributed by atoms with Crippen LogP contribution in [0, 0.1) is 0 Å². The van der Waals surface area contributed by atoms with E-state index >= 15 is 0 Å². The molecule has 1 aliphatic carbocycles. The maximum absolute atomic E-state index is 11.1. The Labute approximate surface area is 88.5 Å². The average Bonchev–Trinajstić information content (AvgIpc) is 1.97. The topological polar surface area (TPSA) is 89.3 Å². The first-order chi connectivity index (χ1) is 6.86. The molecule has 0 bridgehead atoms. The van der Waals surface area contributed by atoms with E-state index in [1.54, 1.807) is 0 Å². The zero-order valence-corrected chi connectivity index (χ0v) is 9.21. The minimum Gasteiger partial charge on any atom is -0.465 e. The van der Waals surface area contributed by atoms with Gasteiger partial charge in [0.15, 0.2) is 0 Å². The van der Waals surface area contributed by atoms with Crippen molar-refractivity contribution in [1.29, 1.82) is 0 Å². The van der Waals surface area contributed by atoms with Crippen molar-refractivity contribution in [1.82, 2.24) is 4.90 Å². The Morgan fingerprint density at radius 1 is 1.53 bits per heavy atom. The van der Waals surface area contributed by atoms with Crippen molar-refractivity contribution in [2.24, 2.45) is 5.11 Å². The van der Waals surface area contributed by atoms with E-state index in [1.807, 2.05) is 20.8 Å². The Morgan fingerprint density at radius 3 is 2.40 bits per heavy atom. The molecule has 0 heterocycles. The molecule has 15 heavy (non-hydrogen) atoms. The molecule has 1 saturated carbocycles. The number of carbonyl (C=O) groups is 1. The molecular formula is C9H16N4O2. The van der Waals surface area contributed by atoms with E-state index in [0.717, 1.165) is 0 Å². The summed E-state index contributed by atoms with van der Waals surface area (Å²) in [6, 6.07) is -0.0535. The van der Waals surface area contributed by atoms with E-state index in [4.69, 9.17) is 10.6 Å². The van der Waals surface area contributed by atoms with Crippen molar-refractivity contribution >= 4 is 6.09 Å². The summed E-state index contributed by atoms with van der Waals surface area (Å²) in [6.07, 6.45) is 0.355. The second kappa shape index (κ2) is 3.98. The van der Waals surface area contributed by atoms with E-state index in [2.05, 4.69) is 10.0 Å². The molecule has 1 amide bonds. The van der Waals surface area contributed by atoms with Crippen molar-refractivity contribution in [2.45, 2.75) is 51.2 Å². The van der Waals surface area contributed by atoms with Gasteiger partial charge < -0.3 is 10.0 Å². The highest BCUT2D eigenvalue weighted by Crippen LogP contribution is 2.32. The van der Waals surface area contributed by atoms with Gasteiger partial charge in [0.25, 0.3) is 0 Å². The first-order valence-corrected chi connectivity index (χ1v) is 4.92. The zero-order chi connectivity index (χ0) is 11.6. The smallest absolute Gasteiger partial charge is 0.407 e. The summed E-state index contributed by atoms with van der Waals surface area (Å²) in [6.45, 7) is 5.59. The molecule has 0 radical (unpaired) electrons. The third-order valence-electron chi connectivity index (χ3n) is 2.60. The number of amides is 1. The van der Waals surface area contributed by atoms with Crippen molar-refractivity contribution in [2.75, 3.05) is 0 Å². The standard InChI is InChI=1S/C9H16N4O2/c1-9(2,3)13(8(14)15)7-4-6(5-7)11-12-10/h6-7H,4-5H2,1-3H3,(H,14,15)/t6-,7-. The Bertz CT molecular complexity index is 298. The predicted molar refractivity (Wildman–Crippen MR) is 55.6 cm³/mol. The van der Waals surface area contributed by atoms with E-state index in [0.29, 0.717) is 12.8 Å². The molecule has 0 aromatic rings. The van der Waals surface area contributed by atoms with E-state index in [-0.39, 0.29) is 12.1 Å². The molecule has 1 rings (SSSR count). The molecule has 6 nitrogen and oxygen atoms in total. The molecule has 0 aliphatic heterocycles. The van der Waals surface area contributed by atoms with E-state index in [1.165, 1.54) is 4.90 Å². The zero-order valence-electron chi connectivity index (χ0n) is 9.21. The third kappa shape index (κ3) is 2.53. The van der Waals surface area contributed by atoms with Gasteiger partial charge >= 0.3 is 6.09 Å². The third-order valence-corrected chi connectivity index (χ3v) is 2.60. The molecule has 0 unspecified atom stereocenters. The van der Waals surface area contributed by atoms with Crippen molar-refractivity contribution in [3.05, 3.63) is 10.4 Å². The van der Waals surface area contributed by atoms with Crippen LogP contribution in [-0.2, 0) is 0 Å². The van der Waals surface area contributed by atoms with Crippen LogP contribution >= 0.6 is 0 Å². The molecule has 1 fully saturated rings. The molecule has 1 aliphatic rings. The van der Waals surface area contributed by atoms with Crippen LogP contribution in [0.3, 0.4) is 0 Å². The molecule has 0 aromatic carbocycles. The van der Waals surface area contributed by atoms with Crippen molar-refractivity contribution in [3.8, 4) is 0 Å². The number of hydrogen-bond donors (Lipinski definition) is 1. The lowest BCUT2D eigenvalue weighted by atomic mass is 9.84. The first-order valence-electron chi connectivity index (χ1n) is 4.92. The summed E-state index contributed by atoms with van der Waals surface area (Å²) < 4.78 is 0. The van der Waals surface area contributed by atoms with Crippen LogP contribution in [0.5, 0.6) is 0 Å². The molecule has 0 atom stereocenters. The monoisotopic (exact) mass is 212 g/mol. The second-order valence-corrected chi connectivity index (χ2v) is 4.81. The number of azide groups is 1. The SMILES string of the molecule is CC(C)(C)N(C(=O)O)[C@H]1C[C@H](N=[N+]=[N-])C1. The summed E-state index contributed by atoms with van der Waals surface area (Å²) in [4.78, 5) is 15.2. The summed E-state index contributed by atoms with van der Waals surface area (Å²) in [7, 11) is 0. The van der Waals surface area contributed by atoms with Gasteiger partial charge in [-0.1, -0.05) is 5.11 Å². The van der Waals surface area contributed by atoms with Gasteiger partial charge in [0.2, 0.25) is 0 Å². The average molecular weight is 212 g/mol. The number of nitrogens with zero attached hydrogens (tertiary/aromatic N) is 4. The molecule has 0 saturated heterocycles. The first kappa shape index (κ1) is 11.7. The number of hydrogen-bond acceptors (Lipinski definition) is 2. The quantitative estimate of drug-likeness (QED) is 0.433. The summed E-state index contributed by atoms with van der Waals surface area (Å²) in [5.41, 5.74) is 7.82. The van der Waals surface area contributed by atoms with Gasteiger partial charge in [-0.15, -0.1) is 0 Å². The lowest BCUT2D eigenvalue weighted by Crippen LogP contribution is -2.56. The number of carboxylic acid groups (broad SMARTS) is 1. The Morgan fingerprint density at radius 2 is 2.07 bits per heavy atom. The largest absolute Gasteiger partial charge is 0.465 e. The van der Waals surface area contributed by atoms with Crippen molar-refractivity contribution < 1.29 is 9.90 Å². The fourth-order valence-electron chi connectivity index (χ4n) is 1.93.